The summed E-state index contributed by atoms with van der Waals surface area (Å²) in [6.07, 6.45) is 1.73. The summed E-state index contributed by atoms with van der Waals surface area (Å²) < 4.78 is 5.80. The normalized spacial score (nSPS) is 11.0. The maximum absolute atomic E-state index is 6.25. The summed E-state index contributed by atoms with van der Waals surface area (Å²) in [4.78, 5) is 4.52. The number of thiazole rings is 1. The fraction of sp³-hybridized carbons (Fsp3) is 0.0435. The van der Waals surface area contributed by atoms with Gasteiger partial charge in [-0.25, -0.2) is 4.98 Å². The Kier molecular flexibility index (Phi) is 6.64. The first-order valence-electron chi connectivity index (χ1n) is 9.14. The van der Waals surface area contributed by atoms with E-state index in [1.165, 1.54) is 11.3 Å². The topological polar surface area (TPSA) is 46.5 Å². The van der Waals surface area contributed by atoms with Crippen molar-refractivity contribution in [2.45, 2.75) is 6.61 Å². The van der Waals surface area contributed by atoms with E-state index in [0.717, 1.165) is 28.1 Å². The Morgan fingerprint density at radius 3 is 2.57 bits per heavy atom. The number of aromatic nitrogens is 1. The quantitative estimate of drug-likeness (QED) is 0.238. The lowest BCUT2D eigenvalue weighted by Gasteiger charge is -2.06. The fourth-order valence-corrected chi connectivity index (χ4v) is 3.86. The van der Waals surface area contributed by atoms with Gasteiger partial charge in [0.25, 0.3) is 0 Å². The van der Waals surface area contributed by atoms with Gasteiger partial charge in [-0.05, 0) is 53.6 Å². The van der Waals surface area contributed by atoms with Crippen LogP contribution in [0.2, 0.25) is 10.0 Å². The van der Waals surface area contributed by atoms with Gasteiger partial charge >= 0.3 is 0 Å². The van der Waals surface area contributed by atoms with Crippen LogP contribution in [-0.2, 0) is 6.61 Å². The van der Waals surface area contributed by atoms with Crippen molar-refractivity contribution in [1.82, 2.24) is 4.98 Å². The summed E-state index contributed by atoms with van der Waals surface area (Å²) in [7, 11) is 0. The number of halogens is 2. The molecule has 0 bridgehead atoms. The Morgan fingerprint density at radius 2 is 1.80 bits per heavy atom. The van der Waals surface area contributed by atoms with Gasteiger partial charge in [0.2, 0.25) is 5.13 Å². The lowest BCUT2D eigenvalue weighted by molar-refractivity contribution is 0.306. The van der Waals surface area contributed by atoms with E-state index in [4.69, 9.17) is 27.9 Å². The van der Waals surface area contributed by atoms with Gasteiger partial charge < -0.3 is 4.74 Å². The molecule has 0 unspecified atom stereocenters. The van der Waals surface area contributed by atoms with Gasteiger partial charge in [-0.3, -0.25) is 5.43 Å². The minimum atomic E-state index is 0.542. The molecule has 0 atom stereocenters. The summed E-state index contributed by atoms with van der Waals surface area (Å²) in [5.41, 5.74) is 6.65. The number of benzene rings is 3. The van der Waals surface area contributed by atoms with Crippen LogP contribution in [0.25, 0.3) is 11.3 Å². The molecule has 0 saturated heterocycles. The standard InChI is InChI=1S/C23H17Cl2N3OS/c24-18-8-11-20(21(25)12-18)22-15-30-23(27-22)28-26-13-16-6-9-19(10-7-16)29-14-17-4-2-1-3-5-17/h1-13,15H,14H2,(H,27,28)/b26-13+. The highest BCUT2D eigenvalue weighted by Crippen LogP contribution is 2.32. The number of nitrogens with zero attached hydrogens (tertiary/aromatic N) is 2. The second-order valence-corrected chi connectivity index (χ2v) is 8.08. The van der Waals surface area contributed by atoms with E-state index in [9.17, 15) is 0 Å². The number of hydrogen-bond donors (Lipinski definition) is 1. The van der Waals surface area contributed by atoms with Crippen LogP contribution < -0.4 is 10.2 Å². The summed E-state index contributed by atoms with van der Waals surface area (Å²) >= 11 is 13.6. The first kappa shape index (κ1) is 20.4. The molecular weight excluding hydrogens is 437 g/mol. The zero-order valence-corrected chi connectivity index (χ0v) is 18.1. The third-order valence-corrected chi connectivity index (χ3v) is 5.51. The van der Waals surface area contributed by atoms with Gasteiger partial charge in [0.15, 0.2) is 0 Å². The minimum Gasteiger partial charge on any atom is -0.489 e. The molecule has 0 aliphatic carbocycles. The minimum absolute atomic E-state index is 0.542. The Balaban J connectivity index is 1.33. The average molecular weight is 454 g/mol. The van der Waals surface area contributed by atoms with Crippen LogP contribution in [0, 0.1) is 0 Å². The molecule has 1 aromatic heterocycles. The maximum atomic E-state index is 6.25. The van der Waals surface area contributed by atoms with Crippen LogP contribution in [0.1, 0.15) is 11.1 Å². The van der Waals surface area contributed by atoms with Gasteiger partial charge in [0.1, 0.15) is 12.4 Å². The molecule has 30 heavy (non-hydrogen) atoms. The molecule has 1 N–H and O–H groups in total. The number of hydrazone groups is 1. The van der Waals surface area contributed by atoms with Crippen molar-refractivity contribution < 1.29 is 4.74 Å². The summed E-state index contributed by atoms with van der Waals surface area (Å²) in [6.45, 7) is 0.542. The van der Waals surface area contributed by atoms with Crippen LogP contribution in [0.5, 0.6) is 5.75 Å². The van der Waals surface area contributed by atoms with Crippen molar-refractivity contribution in [3.63, 3.8) is 0 Å². The zero-order chi connectivity index (χ0) is 20.8. The van der Waals surface area contributed by atoms with Crippen LogP contribution in [0.15, 0.2) is 83.3 Å². The molecule has 0 radical (unpaired) electrons. The molecule has 1 heterocycles. The Morgan fingerprint density at radius 1 is 1.00 bits per heavy atom. The highest BCUT2D eigenvalue weighted by molar-refractivity contribution is 7.14. The fourth-order valence-electron chi connectivity index (χ4n) is 2.70. The molecule has 4 nitrogen and oxygen atoms in total. The predicted molar refractivity (Wildman–Crippen MR) is 126 cm³/mol. The number of anilines is 1. The van der Waals surface area contributed by atoms with E-state index < -0.39 is 0 Å². The van der Waals surface area contributed by atoms with Gasteiger partial charge in [-0.15, -0.1) is 11.3 Å². The predicted octanol–water partition coefficient (Wildman–Crippen LogP) is 7.14. The molecular formula is C23H17Cl2N3OS. The van der Waals surface area contributed by atoms with Crippen LogP contribution in [-0.4, -0.2) is 11.2 Å². The summed E-state index contributed by atoms with van der Waals surface area (Å²) in [5, 5.41) is 8.02. The number of rotatable bonds is 7. The van der Waals surface area contributed by atoms with Crippen LogP contribution in [0.3, 0.4) is 0 Å². The lowest BCUT2D eigenvalue weighted by Crippen LogP contribution is -1.95. The number of nitrogens with one attached hydrogen (secondary N) is 1. The zero-order valence-electron chi connectivity index (χ0n) is 15.8. The van der Waals surface area contributed by atoms with E-state index in [-0.39, 0.29) is 0 Å². The molecule has 4 rings (SSSR count). The average Bonchev–Trinajstić information content (AvgIpc) is 3.22. The molecule has 0 amide bonds. The molecule has 0 aliphatic heterocycles. The summed E-state index contributed by atoms with van der Waals surface area (Å²) in [5.74, 6) is 0.813. The monoisotopic (exact) mass is 453 g/mol. The number of ether oxygens (including phenoxy) is 1. The first-order chi connectivity index (χ1) is 14.7. The molecule has 0 spiro atoms. The number of hydrogen-bond acceptors (Lipinski definition) is 5. The lowest BCUT2D eigenvalue weighted by atomic mass is 10.2. The van der Waals surface area contributed by atoms with Crippen LogP contribution >= 0.6 is 34.5 Å². The van der Waals surface area contributed by atoms with Gasteiger partial charge in [0.05, 0.1) is 16.9 Å². The Hall–Kier alpha value is -2.86. The van der Waals surface area contributed by atoms with Gasteiger partial charge in [0, 0.05) is 16.0 Å². The third kappa shape index (κ3) is 5.39. The molecule has 0 saturated carbocycles. The second-order valence-electron chi connectivity index (χ2n) is 6.38. The second kappa shape index (κ2) is 9.76. The van der Waals surface area contributed by atoms with Crippen molar-refractivity contribution in [2.24, 2.45) is 5.10 Å². The van der Waals surface area contributed by atoms with E-state index in [1.54, 1.807) is 18.3 Å². The maximum Gasteiger partial charge on any atom is 0.203 e. The van der Waals surface area contributed by atoms with Crippen molar-refractivity contribution in [3.8, 4) is 17.0 Å². The van der Waals surface area contributed by atoms with E-state index in [2.05, 4.69) is 15.5 Å². The van der Waals surface area contributed by atoms with Crippen molar-refractivity contribution in [1.29, 1.82) is 0 Å². The van der Waals surface area contributed by atoms with Crippen molar-refractivity contribution in [2.75, 3.05) is 5.43 Å². The SMILES string of the molecule is Clc1ccc(-c2csc(N/N=C/c3ccc(OCc4ccccc4)cc3)n2)c(Cl)c1. The van der Waals surface area contributed by atoms with E-state index >= 15 is 0 Å². The molecule has 3 aromatic carbocycles. The Labute approximate surface area is 188 Å². The van der Waals surface area contributed by atoms with E-state index in [1.807, 2.05) is 66.0 Å². The largest absolute Gasteiger partial charge is 0.489 e. The van der Waals surface area contributed by atoms with Crippen molar-refractivity contribution in [3.05, 3.63) is 99.3 Å². The Bertz CT molecular complexity index is 1140. The van der Waals surface area contributed by atoms with Crippen LogP contribution in [0.4, 0.5) is 5.13 Å². The smallest absolute Gasteiger partial charge is 0.203 e. The third-order valence-electron chi connectivity index (χ3n) is 4.21. The molecule has 0 aliphatic rings. The molecule has 150 valence electrons. The van der Waals surface area contributed by atoms with Crippen molar-refractivity contribution >= 4 is 45.9 Å². The molecule has 4 aromatic rings. The van der Waals surface area contributed by atoms with Gasteiger partial charge in [-0.2, -0.15) is 5.10 Å². The highest BCUT2D eigenvalue weighted by Gasteiger charge is 2.08. The first-order valence-corrected chi connectivity index (χ1v) is 10.8. The van der Waals surface area contributed by atoms with E-state index in [0.29, 0.717) is 21.8 Å². The summed E-state index contributed by atoms with van der Waals surface area (Å²) in [6, 6.07) is 23.2. The molecule has 0 fully saturated rings. The van der Waals surface area contributed by atoms with Gasteiger partial charge in [-0.1, -0.05) is 53.5 Å². The highest BCUT2D eigenvalue weighted by atomic mass is 35.5. The molecule has 7 heteroatoms.